The molecule has 146 valence electrons. The molecule has 3 N–H and O–H groups in total. The maximum atomic E-state index is 12.6. The van der Waals surface area contributed by atoms with Crippen molar-refractivity contribution in [2.75, 3.05) is 5.32 Å². The molecule has 0 aliphatic carbocycles. The van der Waals surface area contributed by atoms with E-state index in [0.717, 1.165) is 17.0 Å². The van der Waals surface area contributed by atoms with Gasteiger partial charge < -0.3 is 20.4 Å². The Hall–Kier alpha value is -3.13. The summed E-state index contributed by atoms with van der Waals surface area (Å²) in [4.78, 5) is 32.2. The van der Waals surface area contributed by atoms with E-state index >= 15 is 0 Å². The van der Waals surface area contributed by atoms with E-state index in [1.807, 2.05) is 67.9 Å². The summed E-state index contributed by atoms with van der Waals surface area (Å²) in [6, 6.07) is 12.4. The third kappa shape index (κ3) is 5.20. The van der Waals surface area contributed by atoms with Crippen LogP contribution in [0.25, 0.3) is 11.4 Å². The molecule has 0 fully saturated rings. The monoisotopic (exact) mass is 398 g/mol. The van der Waals surface area contributed by atoms with Crippen LogP contribution >= 0.6 is 11.3 Å². The Morgan fingerprint density at radius 3 is 2.64 bits per heavy atom. The van der Waals surface area contributed by atoms with Gasteiger partial charge in [-0.05, 0) is 23.6 Å². The number of carbonyl (C=O) groups excluding carboxylic acids is 2. The van der Waals surface area contributed by atoms with Crippen LogP contribution in [0.2, 0.25) is 0 Å². The van der Waals surface area contributed by atoms with Crippen LogP contribution in [0.5, 0.6) is 0 Å². The third-order valence-corrected chi connectivity index (χ3v) is 4.80. The Labute approximate surface area is 167 Å². The first kappa shape index (κ1) is 19.6. The summed E-state index contributed by atoms with van der Waals surface area (Å²) in [5, 5.41) is 7.73. The first-order valence-corrected chi connectivity index (χ1v) is 9.78. The van der Waals surface area contributed by atoms with Crippen LogP contribution in [0.1, 0.15) is 19.4 Å². The number of aromatic nitrogens is 2. The van der Waals surface area contributed by atoms with Gasteiger partial charge in [-0.15, -0.1) is 11.3 Å². The minimum absolute atomic E-state index is 0.118. The molecule has 3 rings (SSSR count). The van der Waals surface area contributed by atoms with E-state index in [0.29, 0.717) is 5.13 Å². The van der Waals surface area contributed by atoms with Crippen LogP contribution in [-0.4, -0.2) is 28.0 Å². The van der Waals surface area contributed by atoms with Crippen molar-refractivity contribution in [2.45, 2.75) is 26.5 Å². The zero-order chi connectivity index (χ0) is 19.9. The van der Waals surface area contributed by atoms with E-state index in [-0.39, 0.29) is 18.4 Å². The standard InChI is InChI=1S/C20H22N4O3S/c1-13(2)17(23-20(26)27-11-14-7-4-3-5-8-14)18(25)24-19-22-16(12-28-19)15-9-6-10-21-15/h3-10,12-13,17,21H,11H2,1-2H3,(H,23,26)(H,22,24,25)/t17-/m1/s1. The second-order valence-electron chi connectivity index (χ2n) is 6.54. The summed E-state index contributed by atoms with van der Waals surface area (Å²) in [6.07, 6.45) is 1.18. The van der Waals surface area contributed by atoms with Gasteiger partial charge in [-0.2, -0.15) is 0 Å². The molecule has 0 bridgehead atoms. The maximum absolute atomic E-state index is 12.6. The van der Waals surface area contributed by atoms with Crippen LogP contribution in [0, 0.1) is 5.92 Å². The number of benzene rings is 1. The van der Waals surface area contributed by atoms with Crippen molar-refractivity contribution in [1.82, 2.24) is 15.3 Å². The van der Waals surface area contributed by atoms with Crippen LogP contribution < -0.4 is 10.6 Å². The molecule has 1 aromatic carbocycles. The quantitative estimate of drug-likeness (QED) is 0.560. The van der Waals surface area contributed by atoms with Crippen LogP contribution in [0.4, 0.5) is 9.93 Å². The minimum atomic E-state index is -0.735. The average Bonchev–Trinajstić information content (AvgIpc) is 3.36. The van der Waals surface area contributed by atoms with Gasteiger partial charge in [0.25, 0.3) is 0 Å². The summed E-state index contributed by atoms with van der Waals surface area (Å²) in [7, 11) is 0. The molecule has 0 unspecified atom stereocenters. The van der Waals surface area contributed by atoms with Crippen molar-refractivity contribution < 1.29 is 14.3 Å². The molecule has 0 spiro atoms. The van der Waals surface area contributed by atoms with Gasteiger partial charge in [0.1, 0.15) is 12.6 Å². The van der Waals surface area contributed by atoms with Crippen molar-refractivity contribution in [2.24, 2.45) is 5.92 Å². The van der Waals surface area contributed by atoms with Gasteiger partial charge in [-0.3, -0.25) is 4.79 Å². The molecule has 7 nitrogen and oxygen atoms in total. The number of aromatic amines is 1. The van der Waals surface area contributed by atoms with Crippen molar-refractivity contribution >= 4 is 28.5 Å². The van der Waals surface area contributed by atoms with E-state index < -0.39 is 12.1 Å². The summed E-state index contributed by atoms with van der Waals surface area (Å²) in [5.41, 5.74) is 2.50. The largest absolute Gasteiger partial charge is 0.445 e. The van der Waals surface area contributed by atoms with Crippen molar-refractivity contribution in [3.63, 3.8) is 0 Å². The van der Waals surface area contributed by atoms with Crippen LogP contribution in [-0.2, 0) is 16.1 Å². The summed E-state index contributed by atoms with van der Waals surface area (Å²) in [6.45, 7) is 3.85. The van der Waals surface area contributed by atoms with Gasteiger partial charge in [-0.25, -0.2) is 9.78 Å². The Bertz CT molecular complexity index is 907. The lowest BCUT2D eigenvalue weighted by Gasteiger charge is -2.20. The number of H-pyrrole nitrogens is 1. The number of hydrogen-bond donors (Lipinski definition) is 3. The highest BCUT2D eigenvalue weighted by Crippen LogP contribution is 2.23. The zero-order valence-corrected chi connectivity index (χ0v) is 16.5. The fourth-order valence-corrected chi connectivity index (χ4v) is 3.27. The number of alkyl carbamates (subject to hydrolysis) is 1. The Morgan fingerprint density at radius 2 is 1.96 bits per heavy atom. The lowest BCUT2D eigenvalue weighted by atomic mass is 10.0. The number of anilines is 1. The topological polar surface area (TPSA) is 96.1 Å². The lowest BCUT2D eigenvalue weighted by molar-refractivity contribution is -0.119. The van der Waals surface area contributed by atoms with Crippen LogP contribution in [0.15, 0.2) is 54.0 Å². The molecular weight excluding hydrogens is 376 g/mol. The van der Waals surface area contributed by atoms with Gasteiger partial charge >= 0.3 is 6.09 Å². The number of nitrogens with one attached hydrogen (secondary N) is 3. The number of nitrogens with zero attached hydrogens (tertiary/aromatic N) is 1. The first-order chi connectivity index (χ1) is 13.5. The minimum Gasteiger partial charge on any atom is -0.445 e. The van der Waals surface area contributed by atoms with E-state index in [2.05, 4.69) is 20.6 Å². The predicted octanol–water partition coefficient (Wildman–Crippen LogP) is 4.03. The molecule has 28 heavy (non-hydrogen) atoms. The molecule has 0 saturated carbocycles. The Balaban J connectivity index is 1.57. The smallest absolute Gasteiger partial charge is 0.408 e. The molecule has 1 atom stereocenters. The highest BCUT2D eigenvalue weighted by Gasteiger charge is 2.25. The molecule has 0 aliphatic rings. The van der Waals surface area contributed by atoms with Crippen molar-refractivity contribution in [3.05, 3.63) is 59.6 Å². The van der Waals surface area contributed by atoms with Gasteiger partial charge in [0.2, 0.25) is 5.91 Å². The molecule has 0 aliphatic heterocycles. The second-order valence-corrected chi connectivity index (χ2v) is 7.40. The highest BCUT2D eigenvalue weighted by molar-refractivity contribution is 7.14. The van der Waals surface area contributed by atoms with Crippen LogP contribution in [0.3, 0.4) is 0 Å². The highest BCUT2D eigenvalue weighted by atomic mass is 32.1. The average molecular weight is 398 g/mol. The van der Waals surface area contributed by atoms with Crippen molar-refractivity contribution in [3.8, 4) is 11.4 Å². The molecule has 0 radical (unpaired) electrons. The first-order valence-electron chi connectivity index (χ1n) is 8.90. The summed E-state index contributed by atoms with van der Waals surface area (Å²) < 4.78 is 5.21. The Morgan fingerprint density at radius 1 is 1.18 bits per heavy atom. The van der Waals surface area contributed by atoms with E-state index in [1.165, 1.54) is 11.3 Å². The molecule has 2 amide bonds. The SMILES string of the molecule is CC(C)[C@@H](NC(=O)OCc1ccccc1)C(=O)Nc1nc(-c2ccc[nH]2)cs1. The van der Waals surface area contributed by atoms with E-state index in [9.17, 15) is 9.59 Å². The number of ether oxygens (including phenoxy) is 1. The number of rotatable bonds is 7. The number of amides is 2. The van der Waals surface area contributed by atoms with E-state index in [1.54, 1.807) is 0 Å². The van der Waals surface area contributed by atoms with Gasteiger partial charge in [0.05, 0.1) is 11.4 Å². The zero-order valence-electron chi connectivity index (χ0n) is 15.6. The fraction of sp³-hybridized carbons (Fsp3) is 0.250. The summed E-state index contributed by atoms with van der Waals surface area (Å²) in [5.74, 6) is -0.453. The molecule has 3 aromatic rings. The summed E-state index contributed by atoms with van der Waals surface area (Å²) >= 11 is 1.32. The molecule has 2 aromatic heterocycles. The lowest BCUT2D eigenvalue weighted by Crippen LogP contribution is -2.47. The number of carbonyl (C=O) groups is 2. The number of hydrogen-bond acceptors (Lipinski definition) is 5. The maximum Gasteiger partial charge on any atom is 0.408 e. The third-order valence-electron chi connectivity index (χ3n) is 4.04. The molecule has 8 heteroatoms. The second kappa shape index (κ2) is 9.18. The van der Waals surface area contributed by atoms with Gasteiger partial charge in [0, 0.05) is 11.6 Å². The molecule has 0 saturated heterocycles. The molecule has 2 heterocycles. The number of thiazole rings is 1. The fourth-order valence-electron chi connectivity index (χ4n) is 2.55. The normalized spacial score (nSPS) is 11.8. The van der Waals surface area contributed by atoms with Gasteiger partial charge in [-0.1, -0.05) is 44.2 Å². The predicted molar refractivity (Wildman–Crippen MR) is 109 cm³/mol. The van der Waals surface area contributed by atoms with Crippen molar-refractivity contribution in [1.29, 1.82) is 0 Å². The van der Waals surface area contributed by atoms with E-state index in [4.69, 9.17) is 4.74 Å². The molecular formula is C20H22N4O3S. The van der Waals surface area contributed by atoms with Gasteiger partial charge in [0.15, 0.2) is 5.13 Å². The Kier molecular flexibility index (Phi) is 6.44.